The molecule has 26 heavy (non-hydrogen) atoms. The van der Waals surface area contributed by atoms with Gasteiger partial charge in [-0.1, -0.05) is 0 Å². The maximum Gasteiger partial charge on any atom is 0.433 e. The molecule has 0 spiro atoms. The zero-order valence-corrected chi connectivity index (χ0v) is 14.5. The maximum absolute atomic E-state index is 12.6. The zero-order chi connectivity index (χ0) is 18.7. The van der Waals surface area contributed by atoms with Crippen LogP contribution < -0.4 is 5.56 Å². The van der Waals surface area contributed by atoms with E-state index < -0.39 is 17.4 Å². The summed E-state index contributed by atoms with van der Waals surface area (Å²) in [5, 5.41) is 0. The first-order chi connectivity index (χ1) is 12.3. The molecule has 3 heterocycles. The van der Waals surface area contributed by atoms with Crippen LogP contribution in [0.4, 0.5) is 13.2 Å². The molecule has 0 aliphatic carbocycles. The maximum atomic E-state index is 12.6. The van der Waals surface area contributed by atoms with Crippen molar-refractivity contribution in [2.75, 3.05) is 19.6 Å². The molecule has 1 fully saturated rings. The highest BCUT2D eigenvalue weighted by molar-refractivity contribution is 5.03. The van der Waals surface area contributed by atoms with Gasteiger partial charge < -0.3 is 9.32 Å². The highest BCUT2D eigenvalue weighted by Gasteiger charge is 2.33. The molecule has 9 heteroatoms. The lowest BCUT2D eigenvalue weighted by atomic mass is 9.96. The number of halogens is 3. The van der Waals surface area contributed by atoms with E-state index in [1.54, 1.807) is 6.20 Å². The minimum absolute atomic E-state index is 0.259. The molecule has 0 radical (unpaired) electrons. The topological polar surface area (TPSA) is 64.2 Å². The lowest BCUT2D eigenvalue weighted by molar-refractivity contribution is -0.141. The molecular weight excluding hydrogens is 349 g/mol. The van der Waals surface area contributed by atoms with Gasteiger partial charge in [-0.15, -0.1) is 0 Å². The molecule has 1 aliphatic rings. The number of hydrogen-bond acceptors (Lipinski definition) is 5. The Kier molecular flexibility index (Phi) is 5.45. The first-order valence-corrected chi connectivity index (χ1v) is 8.58. The number of oxazole rings is 1. The average molecular weight is 370 g/mol. The number of nitrogens with zero attached hydrogens (tertiary/aromatic N) is 4. The van der Waals surface area contributed by atoms with E-state index in [0.29, 0.717) is 18.5 Å². The van der Waals surface area contributed by atoms with Crippen LogP contribution in [0.1, 0.15) is 30.2 Å². The molecule has 1 aliphatic heterocycles. The third kappa shape index (κ3) is 4.72. The monoisotopic (exact) mass is 370 g/mol. The zero-order valence-electron chi connectivity index (χ0n) is 14.5. The number of piperidine rings is 1. The van der Waals surface area contributed by atoms with Gasteiger partial charge >= 0.3 is 6.18 Å². The molecule has 0 unspecified atom stereocenters. The second kappa shape index (κ2) is 7.61. The summed E-state index contributed by atoms with van der Waals surface area (Å²) in [5.74, 6) is 1.79. The van der Waals surface area contributed by atoms with Crippen molar-refractivity contribution in [2.24, 2.45) is 5.92 Å². The molecule has 0 aromatic carbocycles. The molecule has 0 bridgehead atoms. The van der Waals surface area contributed by atoms with Crippen molar-refractivity contribution in [2.45, 2.75) is 38.9 Å². The van der Waals surface area contributed by atoms with Gasteiger partial charge in [0.05, 0.1) is 12.5 Å². The quantitative estimate of drug-likeness (QED) is 0.809. The largest absolute Gasteiger partial charge is 0.446 e. The van der Waals surface area contributed by atoms with Gasteiger partial charge in [0.2, 0.25) is 0 Å². The van der Waals surface area contributed by atoms with Gasteiger partial charge in [-0.3, -0.25) is 9.36 Å². The fourth-order valence-corrected chi connectivity index (χ4v) is 3.18. The number of alkyl halides is 3. The van der Waals surface area contributed by atoms with Crippen molar-refractivity contribution in [1.82, 2.24) is 19.4 Å². The molecule has 3 rings (SSSR count). The Labute approximate surface area is 148 Å². The molecule has 0 amide bonds. The highest BCUT2D eigenvalue weighted by Crippen LogP contribution is 2.26. The molecule has 2 aromatic heterocycles. The number of rotatable bonds is 5. The Morgan fingerprint density at radius 2 is 2.00 bits per heavy atom. The Bertz CT molecular complexity index is 792. The van der Waals surface area contributed by atoms with E-state index in [1.807, 2.05) is 6.92 Å². The summed E-state index contributed by atoms with van der Waals surface area (Å²) >= 11 is 0. The van der Waals surface area contributed by atoms with Crippen molar-refractivity contribution in [3.63, 3.8) is 0 Å². The first-order valence-electron chi connectivity index (χ1n) is 8.58. The Morgan fingerprint density at radius 1 is 1.27 bits per heavy atom. The minimum atomic E-state index is -4.59. The molecule has 1 saturated heterocycles. The van der Waals surface area contributed by atoms with E-state index in [0.717, 1.165) is 51.0 Å². The van der Waals surface area contributed by atoms with Crippen LogP contribution in [-0.2, 0) is 19.1 Å². The van der Waals surface area contributed by atoms with Gasteiger partial charge in [0.25, 0.3) is 5.56 Å². The van der Waals surface area contributed by atoms with Crippen LogP contribution in [0.5, 0.6) is 0 Å². The lowest BCUT2D eigenvalue weighted by Gasteiger charge is -2.31. The van der Waals surface area contributed by atoms with Crippen molar-refractivity contribution in [1.29, 1.82) is 0 Å². The van der Waals surface area contributed by atoms with E-state index in [1.165, 1.54) is 4.57 Å². The summed E-state index contributed by atoms with van der Waals surface area (Å²) in [6.07, 6.45) is 0.737. The van der Waals surface area contributed by atoms with Crippen molar-refractivity contribution in [3.8, 4) is 0 Å². The lowest BCUT2D eigenvalue weighted by Crippen LogP contribution is -2.37. The Hall–Kier alpha value is -2.16. The number of aryl methyl sites for hydroxylation is 1. The Morgan fingerprint density at radius 3 is 2.58 bits per heavy atom. The van der Waals surface area contributed by atoms with E-state index in [9.17, 15) is 18.0 Å². The van der Waals surface area contributed by atoms with Gasteiger partial charge in [-0.05, 0) is 31.8 Å². The second-order valence-electron chi connectivity index (χ2n) is 6.64. The molecule has 2 aromatic rings. The van der Waals surface area contributed by atoms with E-state index in [2.05, 4.69) is 14.9 Å². The van der Waals surface area contributed by atoms with Crippen molar-refractivity contribution < 1.29 is 17.6 Å². The smallest absolute Gasteiger partial charge is 0.433 e. The molecular formula is C17H21F3N4O2. The van der Waals surface area contributed by atoms with Gasteiger partial charge in [0.1, 0.15) is 5.76 Å². The van der Waals surface area contributed by atoms with Crippen LogP contribution in [0.3, 0.4) is 0 Å². The number of hydrogen-bond donors (Lipinski definition) is 0. The van der Waals surface area contributed by atoms with Gasteiger partial charge in [0.15, 0.2) is 11.6 Å². The summed E-state index contributed by atoms with van der Waals surface area (Å²) in [7, 11) is 0. The summed E-state index contributed by atoms with van der Waals surface area (Å²) in [6.45, 7) is 4.87. The van der Waals surface area contributed by atoms with Crippen LogP contribution in [-0.4, -0.2) is 39.1 Å². The van der Waals surface area contributed by atoms with Crippen LogP contribution >= 0.6 is 0 Å². The van der Waals surface area contributed by atoms with Crippen LogP contribution in [0.2, 0.25) is 0 Å². The average Bonchev–Trinajstić information content (AvgIpc) is 3.00. The summed E-state index contributed by atoms with van der Waals surface area (Å²) < 4.78 is 44.4. The predicted octanol–water partition coefficient (Wildman–Crippen LogP) is 2.51. The molecule has 6 nitrogen and oxygen atoms in total. The van der Waals surface area contributed by atoms with Gasteiger partial charge in [-0.25, -0.2) is 9.97 Å². The summed E-state index contributed by atoms with van der Waals surface area (Å²) in [6, 6.07) is 0.564. The predicted molar refractivity (Wildman–Crippen MR) is 87.6 cm³/mol. The standard InChI is InChI=1S/C17H21F3N4O2/c1-12-21-9-14(26-12)4-7-23-5-2-13(3-6-23)10-24-11-22-15(8-16(24)25)17(18,19)20/h8-9,11,13H,2-7,10H2,1H3. The number of likely N-dealkylation sites (tertiary alicyclic amines) is 1. The molecule has 0 saturated carbocycles. The minimum Gasteiger partial charge on any atom is -0.446 e. The SMILES string of the molecule is Cc1ncc(CCN2CCC(Cn3cnc(C(F)(F)F)cc3=O)CC2)o1. The van der Waals surface area contributed by atoms with Crippen LogP contribution in [0.25, 0.3) is 0 Å². The van der Waals surface area contributed by atoms with Gasteiger partial charge in [0, 0.05) is 32.5 Å². The van der Waals surface area contributed by atoms with Gasteiger partial charge in [-0.2, -0.15) is 13.2 Å². The summed E-state index contributed by atoms with van der Waals surface area (Å²) in [5.41, 5.74) is -1.80. The Balaban J connectivity index is 1.49. The fourth-order valence-electron chi connectivity index (χ4n) is 3.18. The molecule has 0 N–H and O–H groups in total. The van der Waals surface area contributed by atoms with E-state index in [4.69, 9.17) is 4.42 Å². The summed E-state index contributed by atoms with van der Waals surface area (Å²) in [4.78, 5) is 21.6. The normalized spacial score (nSPS) is 16.9. The third-order valence-corrected chi connectivity index (χ3v) is 4.68. The van der Waals surface area contributed by atoms with Crippen molar-refractivity contribution in [3.05, 3.63) is 46.3 Å². The van der Waals surface area contributed by atoms with E-state index in [-0.39, 0.29) is 5.92 Å². The molecule has 142 valence electrons. The second-order valence-corrected chi connectivity index (χ2v) is 6.64. The highest BCUT2D eigenvalue weighted by atomic mass is 19.4. The van der Waals surface area contributed by atoms with Crippen molar-refractivity contribution >= 4 is 0 Å². The van der Waals surface area contributed by atoms with Crippen LogP contribution in [0.15, 0.2) is 27.8 Å². The third-order valence-electron chi connectivity index (χ3n) is 4.68. The number of aromatic nitrogens is 3. The first kappa shape index (κ1) is 18.6. The van der Waals surface area contributed by atoms with Crippen LogP contribution in [0, 0.1) is 12.8 Å². The fraction of sp³-hybridized carbons (Fsp3) is 0.588. The van der Waals surface area contributed by atoms with E-state index >= 15 is 0 Å². The molecule has 0 atom stereocenters.